The lowest BCUT2D eigenvalue weighted by atomic mass is 10.1. The Labute approximate surface area is 175 Å². The number of benzene rings is 3. The highest BCUT2D eigenvalue weighted by Crippen LogP contribution is 2.19. The maximum atomic E-state index is 12.8. The van der Waals surface area contributed by atoms with Crippen LogP contribution in [0.15, 0.2) is 84.9 Å². The summed E-state index contributed by atoms with van der Waals surface area (Å²) >= 11 is 1.54. The van der Waals surface area contributed by atoms with E-state index < -0.39 is 0 Å². The van der Waals surface area contributed by atoms with Gasteiger partial charge in [-0.1, -0.05) is 72.8 Å². The molecule has 0 fully saturated rings. The predicted octanol–water partition coefficient (Wildman–Crippen LogP) is 5.05. The van der Waals surface area contributed by atoms with Crippen LogP contribution in [0.2, 0.25) is 0 Å². The summed E-state index contributed by atoms with van der Waals surface area (Å²) < 4.78 is 0. The molecule has 2 amide bonds. The fourth-order valence-electron chi connectivity index (χ4n) is 2.91. The van der Waals surface area contributed by atoms with E-state index in [0.29, 0.717) is 17.0 Å². The number of rotatable bonds is 8. The monoisotopic (exact) mass is 404 g/mol. The fraction of sp³-hybridized carbons (Fsp3) is 0.167. The van der Waals surface area contributed by atoms with E-state index in [0.717, 1.165) is 11.3 Å². The van der Waals surface area contributed by atoms with Gasteiger partial charge in [0.15, 0.2) is 0 Å². The zero-order valence-corrected chi connectivity index (χ0v) is 17.1. The molecule has 0 aliphatic heterocycles. The maximum absolute atomic E-state index is 12.8. The minimum absolute atomic E-state index is 0.123. The number of para-hydroxylation sites is 1. The Morgan fingerprint density at radius 1 is 0.862 bits per heavy atom. The zero-order valence-electron chi connectivity index (χ0n) is 16.3. The van der Waals surface area contributed by atoms with Gasteiger partial charge in [0.05, 0.1) is 23.0 Å². The minimum atomic E-state index is -0.214. The van der Waals surface area contributed by atoms with Crippen molar-refractivity contribution < 1.29 is 9.59 Å². The molecule has 0 bridgehead atoms. The summed E-state index contributed by atoms with van der Waals surface area (Å²) in [5.74, 6) is 0.757. The Morgan fingerprint density at radius 2 is 1.48 bits per heavy atom. The highest BCUT2D eigenvalue weighted by atomic mass is 32.2. The van der Waals surface area contributed by atoms with Crippen molar-refractivity contribution in [2.24, 2.45) is 0 Å². The number of hydrogen-bond acceptors (Lipinski definition) is 3. The largest absolute Gasteiger partial charge is 0.345 e. The third-order valence-electron chi connectivity index (χ3n) is 4.44. The molecule has 1 unspecified atom stereocenters. The number of nitrogens with one attached hydrogen (secondary N) is 2. The van der Waals surface area contributed by atoms with Crippen LogP contribution >= 0.6 is 11.8 Å². The normalized spacial score (nSPS) is 11.5. The van der Waals surface area contributed by atoms with Gasteiger partial charge in [-0.15, -0.1) is 11.8 Å². The molecule has 3 rings (SSSR count). The van der Waals surface area contributed by atoms with E-state index in [4.69, 9.17) is 0 Å². The number of carbonyl (C=O) groups excluding carboxylic acids is 2. The van der Waals surface area contributed by atoms with Crippen LogP contribution in [0.1, 0.15) is 34.5 Å². The van der Waals surface area contributed by atoms with Gasteiger partial charge in [-0.25, -0.2) is 0 Å². The molecule has 0 aliphatic rings. The van der Waals surface area contributed by atoms with Gasteiger partial charge < -0.3 is 10.6 Å². The molecule has 1 atom stereocenters. The lowest BCUT2D eigenvalue weighted by molar-refractivity contribution is -0.113. The van der Waals surface area contributed by atoms with Gasteiger partial charge in [0.1, 0.15) is 0 Å². The van der Waals surface area contributed by atoms with Crippen molar-refractivity contribution in [2.45, 2.75) is 18.7 Å². The van der Waals surface area contributed by atoms with Crippen LogP contribution in [0.3, 0.4) is 0 Å². The molecule has 0 spiro atoms. The molecule has 4 nitrogen and oxygen atoms in total. The van der Waals surface area contributed by atoms with Gasteiger partial charge in [-0.3, -0.25) is 9.59 Å². The van der Waals surface area contributed by atoms with Gasteiger partial charge in [-0.05, 0) is 30.2 Å². The lowest BCUT2D eigenvalue weighted by Gasteiger charge is -2.16. The number of hydrogen-bond donors (Lipinski definition) is 2. The fourth-order valence-corrected chi connectivity index (χ4v) is 3.70. The molecule has 3 aromatic carbocycles. The van der Waals surface area contributed by atoms with Crippen molar-refractivity contribution in [2.75, 3.05) is 11.1 Å². The molecule has 3 aromatic rings. The number of carbonyl (C=O) groups is 2. The van der Waals surface area contributed by atoms with Crippen molar-refractivity contribution in [3.8, 4) is 0 Å². The summed E-state index contributed by atoms with van der Waals surface area (Å²) in [4.78, 5) is 25.1. The standard InChI is InChI=1S/C24H24N2O2S/c1-18(20-12-6-3-7-13-20)25-24(28)21-14-8-9-15-22(21)26-23(27)17-29-16-19-10-4-2-5-11-19/h2-15,18H,16-17H2,1H3,(H,25,28)(H,26,27). The van der Waals surface area contributed by atoms with E-state index in [1.807, 2.05) is 73.7 Å². The first-order chi connectivity index (χ1) is 14.1. The van der Waals surface area contributed by atoms with Gasteiger partial charge in [0.2, 0.25) is 5.91 Å². The maximum Gasteiger partial charge on any atom is 0.253 e. The van der Waals surface area contributed by atoms with Gasteiger partial charge >= 0.3 is 0 Å². The van der Waals surface area contributed by atoms with Gasteiger partial charge in [0, 0.05) is 5.75 Å². The van der Waals surface area contributed by atoms with Crippen LogP contribution < -0.4 is 10.6 Å². The minimum Gasteiger partial charge on any atom is -0.345 e. The van der Waals surface area contributed by atoms with E-state index in [-0.39, 0.29) is 17.9 Å². The average Bonchev–Trinajstić information content (AvgIpc) is 2.75. The first-order valence-corrected chi connectivity index (χ1v) is 10.7. The van der Waals surface area contributed by atoms with E-state index in [2.05, 4.69) is 10.6 Å². The summed E-state index contributed by atoms with van der Waals surface area (Å²) in [7, 11) is 0. The van der Waals surface area contributed by atoms with Crippen molar-refractivity contribution in [1.29, 1.82) is 0 Å². The second-order valence-electron chi connectivity index (χ2n) is 6.68. The SMILES string of the molecule is CC(NC(=O)c1ccccc1NC(=O)CSCc1ccccc1)c1ccccc1. The quantitative estimate of drug-likeness (QED) is 0.552. The van der Waals surface area contributed by atoms with Crippen molar-refractivity contribution in [1.82, 2.24) is 5.32 Å². The summed E-state index contributed by atoms with van der Waals surface area (Å²) in [5, 5.41) is 5.87. The van der Waals surface area contributed by atoms with Crippen LogP contribution in [-0.2, 0) is 10.5 Å². The summed E-state index contributed by atoms with van der Waals surface area (Å²) in [6.07, 6.45) is 0. The molecule has 29 heavy (non-hydrogen) atoms. The third kappa shape index (κ3) is 6.22. The second-order valence-corrected chi connectivity index (χ2v) is 7.66. The summed E-state index contributed by atoms with van der Waals surface area (Å²) in [6.45, 7) is 1.94. The molecular weight excluding hydrogens is 380 g/mol. The van der Waals surface area contributed by atoms with E-state index in [1.165, 1.54) is 5.56 Å². The van der Waals surface area contributed by atoms with Crippen LogP contribution in [0.25, 0.3) is 0 Å². The second kappa shape index (κ2) is 10.5. The van der Waals surface area contributed by atoms with Crippen LogP contribution in [-0.4, -0.2) is 17.6 Å². The molecule has 0 saturated carbocycles. The molecule has 0 aromatic heterocycles. The summed E-state index contributed by atoms with van der Waals surface area (Å²) in [5.41, 5.74) is 3.19. The Kier molecular flexibility index (Phi) is 7.47. The first kappa shape index (κ1) is 20.7. The number of anilines is 1. The van der Waals surface area contributed by atoms with Crippen LogP contribution in [0, 0.1) is 0 Å². The lowest BCUT2D eigenvalue weighted by Crippen LogP contribution is -2.28. The Hall–Kier alpha value is -3.05. The van der Waals surface area contributed by atoms with Crippen molar-refractivity contribution in [3.05, 3.63) is 102 Å². The number of thioether (sulfide) groups is 1. The molecule has 0 saturated heterocycles. The van der Waals surface area contributed by atoms with E-state index in [9.17, 15) is 9.59 Å². The zero-order chi connectivity index (χ0) is 20.5. The highest BCUT2D eigenvalue weighted by molar-refractivity contribution is 7.99. The molecular formula is C24H24N2O2S. The molecule has 2 N–H and O–H groups in total. The highest BCUT2D eigenvalue weighted by Gasteiger charge is 2.16. The Morgan fingerprint density at radius 3 is 2.21 bits per heavy atom. The Bertz CT molecular complexity index is 945. The number of amides is 2. The van der Waals surface area contributed by atoms with Gasteiger partial charge in [-0.2, -0.15) is 0 Å². The summed E-state index contributed by atoms with van der Waals surface area (Å²) in [6, 6.07) is 26.8. The first-order valence-electron chi connectivity index (χ1n) is 9.50. The van der Waals surface area contributed by atoms with E-state index >= 15 is 0 Å². The van der Waals surface area contributed by atoms with Crippen LogP contribution in [0.4, 0.5) is 5.69 Å². The predicted molar refractivity (Wildman–Crippen MR) is 120 cm³/mol. The van der Waals surface area contributed by atoms with Gasteiger partial charge in [0.25, 0.3) is 5.91 Å². The molecule has 0 aliphatic carbocycles. The Balaban J connectivity index is 1.57. The molecule has 148 valence electrons. The third-order valence-corrected chi connectivity index (χ3v) is 5.44. The van der Waals surface area contributed by atoms with Crippen LogP contribution in [0.5, 0.6) is 0 Å². The molecule has 0 heterocycles. The van der Waals surface area contributed by atoms with Crippen molar-refractivity contribution in [3.63, 3.8) is 0 Å². The average molecular weight is 405 g/mol. The van der Waals surface area contributed by atoms with Crippen molar-refractivity contribution >= 4 is 29.3 Å². The molecule has 5 heteroatoms. The topological polar surface area (TPSA) is 58.2 Å². The molecule has 0 radical (unpaired) electrons. The van der Waals surface area contributed by atoms with E-state index in [1.54, 1.807) is 30.0 Å². The smallest absolute Gasteiger partial charge is 0.253 e.